The molecule has 0 saturated heterocycles. The third kappa shape index (κ3) is 2.69. The van der Waals surface area contributed by atoms with Gasteiger partial charge in [0.15, 0.2) is 0 Å². The number of hydrogen-bond acceptors (Lipinski definition) is 4. The van der Waals surface area contributed by atoms with Crippen LogP contribution in [0.2, 0.25) is 0 Å². The van der Waals surface area contributed by atoms with E-state index in [1.807, 2.05) is 11.8 Å². The highest BCUT2D eigenvalue weighted by atomic mass is 16.3. The van der Waals surface area contributed by atoms with Gasteiger partial charge in [0, 0.05) is 19.2 Å². The molecule has 0 spiro atoms. The monoisotopic (exact) mass is 252 g/mol. The fourth-order valence-corrected chi connectivity index (χ4v) is 2.18. The van der Waals surface area contributed by atoms with E-state index in [0.29, 0.717) is 19.0 Å². The van der Waals surface area contributed by atoms with Gasteiger partial charge in [0.2, 0.25) is 5.91 Å². The van der Waals surface area contributed by atoms with Gasteiger partial charge in [-0.15, -0.1) is 0 Å². The van der Waals surface area contributed by atoms with E-state index in [2.05, 4.69) is 10.1 Å². The number of hydrogen-bond donors (Lipinski definition) is 1. The van der Waals surface area contributed by atoms with Gasteiger partial charge in [-0.25, -0.2) is 9.67 Å². The Morgan fingerprint density at radius 1 is 1.61 bits per heavy atom. The summed E-state index contributed by atoms with van der Waals surface area (Å²) in [6.07, 6.45) is 6.96. The van der Waals surface area contributed by atoms with Crippen LogP contribution in [0.3, 0.4) is 0 Å². The van der Waals surface area contributed by atoms with Crippen molar-refractivity contribution in [2.24, 2.45) is 0 Å². The van der Waals surface area contributed by atoms with Crippen molar-refractivity contribution in [1.29, 1.82) is 0 Å². The van der Waals surface area contributed by atoms with Crippen molar-refractivity contribution in [3.05, 3.63) is 12.7 Å². The summed E-state index contributed by atoms with van der Waals surface area (Å²) in [5.74, 6) is 0.0682. The molecule has 6 heteroatoms. The first-order valence-corrected chi connectivity index (χ1v) is 6.49. The summed E-state index contributed by atoms with van der Waals surface area (Å²) in [6, 6.07) is 0.0156. The topological polar surface area (TPSA) is 71.2 Å². The van der Waals surface area contributed by atoms with Gasteiger partial charge < -0.3 is 10.0 Å². The molecule has 1 atom stereocenters. The van der Waals surface area contributed by atoms with Gasteiger partial charge in [0.05, 0.1) is 0 Å². The number of aliphatic hydroxyl groups excluding tert-OH is 1. The molecule has 1 unspecified atom stereocenters. The minimum atomic E-state index is -0.327. The van der Waals surface area contributed by atoms with Gasteiger partial charge in [-0.3, -0.25) is 4.79 Å². The Labute approximate surface area is 107 Å². The first-order chi connectivity index (χ1) is 8.74. The highest BCUT2D eigenvalue weighted by molar-refractivity contribution is 5.80. The third-order valence-electron chi connectivity index (χ3n) is 3.55. The van der Waals surface area contributed by atoms with Gasteiger partial charge in [-0.05, 0) is 32.6 Å². The molecule has 0 aliphatic heterocycles. The predicted molar refractivity (Wildman–Crippen MR) is 65.8 cm³/mol. The molecule has 1 aromatic heterocycles. The Bertz CT molecular complexity index is 375. The quantitative estimate of drug-likeness (QED) is 0.805. The zero-order valence-electron chi connectivity index (χ0n) is 10.7. The number of rotatable bonds is 6. The molecule has 1 amide bonds. The van der Waals surface area contributed by atoms with Crippen LogP contribution in [-0.2, 0) is 4.79 Å². The molecule has 0 bridgehead atoms. The smallest absolute Gasteiger partial charge is 0.247 e. The van der Waals surface area contributed by atoms with Crippen LogP contribution in [-0.4, -0.2) is 49.9 Å². The molecule has 1 fully saturated rings. The minimum absolute atomic E-state index is 0.0682. The standard InChI is InChI=1S/C12H20N4O2/c1-10(16-9-13-8-14-16)12(18)15(6-3-7-17)11-4-2-5-11/h8-11,17H,2-7H2,1H3. The highest BCUT2D eigenvalue weighted by Crippen LogP contribution is 2.26. The Kier molecular flexibility index (Phi) is 4.30. The maximum atomic E-state index is 12.4. The lowest BCUT2D eigenvalue weighted by Crippen LogP contribution is -2.47. The summed E-state index contributed by atoms with van der Waals surface area (Å²) < 4.78 is 1.58. The molecule has 1 saturated carbocycles. The SMILES string of the molecule is CC(C(=O)N(CCCO)C1CCC1)n1cncn1. The van der Waals surface area contributed by atoms with E-state index in [4.69, 9.17) is 5.11 Å². The maximum Gasteiger partial charge on any atom is 0.247 e. The zero-order chi connectivity index (χ0) is 13.0. The molecule has 1 aromatic rings. The zero-order valence-corrected chi connectivity index (χ0v) is 10.7. The Hall–Kier alpha value is -1.43. The Balaban J connectivity index is 2.02. The minimum Gasteiger partial charge on any atom is -0.396 e. The predicted octanol–water partition coefficient (Wildman–Crippen LogP) is 0.603. The third-order valence-corrected chi connectivity index (χ3v) is 3.55. The fraction of sp³-hybridized carbons (Fsp3) is 0.750. The van der Waals surface area contributed by atoms with Crippen LogP contribution in [0, 0.1) is 0 Å². The van der Waals surface area contributed by atoms with E-state index in [9.17, 15) is 4.79 Å². The van der Waals surface area contributed by atoms with Gasteiger partial charge in [0.25, 0.3) is 0 Å². The van der Waals surface area contributed by atoms with Crippen LogP contribution < -0.4 is 0 Å². The van der Waals surface area contributed by atoms with Crippen molar-refractivity contribution in [3.63, 3.8) is 0 Å². The van der Waals surface area contributed by atoms with Crippen LogP contribution in [0.25, 0.3) is 0 Å². The molecule has 0 aromatic carbocycles. The molecule has 2 rings (SSSR count). The summed E-state index contributed by atoms with van der Waals surface area (Å²) in [4.78, 5) is 18.2. The molecular formula is C12H20N4O2. The molecule has 1 N–H and O–H groups in total. The van der Waals surface area contributed by atoms with Crippen molar-refractivity contribution in [2.45, 2.75) is 44.7 Å². The van der Waals surface area contributed by atoms with Crippen molar-refractivity contribution in [3.8, 4) is 0 Å². The summed E-state index contributed by atoms with van der Waals surface area (Å²) in [5, 5.41) is 12.9. The van der Waals surface area contributed by atoms with Crippen molar-refractivity contribution >= 4 is 5.91 Å². The van der Waals surface area contributed by atoms with Crippen LogP contribution in [0.5, 0.6) is 0 Å². The largest absolute Gasteiger partial charge is 0.396 e. The van der Waals surface area contributed by atoms with Crippen LogP contribution in [0.15, 0.2) is 12.7 Å². The highest BCUT2D eigenvalue weighted by Gasteiger charge is 2.31. The molecule has 1 heterocycles. The number of carbonyl (C=O) groups is 1. The number of aliphatic hydroxyl groups is 1. The molecule has 1 aliphatic rings. The molecule has 0 radical (unpaired) electrons. The van der Waals surface area contributed by atoms with E-state index in [1.54, 1.807) is 11.0 Å². The van der Waals surface area contributed by atoms with Gasteiger partial charge in [-0.1, -0.05) is 0 Å². The second-order valence-corrected chi connectivity index (χ2v) is 4.74. The molecule has 6 nitrogen and oxygen atoms in total. The average Bonchev–Trinajstić information content (AvgIpc) is 2.83. The Morgan fingerprint density at radius 3 is 2.89 bits per heavy atom. The average molecular weight is 252 g/mol. The lowest BCUT2D eigenvalue weighted by atomic mass is 9.91. The van der Waals surface area contributed by atoms with E-state index >= 15 is 0 Å². The molecular weight excluding hydrogens is 232 g/mol. The number of carbonyl (C=O) groups excluding carboxylic acids is 1. The fourth-order valence-electron chi connectivity index (χ4n) is 2.18. The second kappa shape index (κ2) is 5.95. The van der Waals surface area contributed by atoms with Gasteiger partial charge in [-0.2, -0.15) is 5.10 Å². The van der Waals surface area contributed by atoms with Crippen molar-refractivity contribution in [1.82, 2.24) is 19.7 Å². The van der Waals surface area contributed by atoms with E-state index < -0.39 is 0 Å². The summed E-state index contributed by atoms with van der Waals surface area (Å²) in [7, 11) is 0. The van der Waals surface area contributed by atoms with E-state index in [0.717, 1.165) is 12.8 Å². The maximum absolute atomic E-state index is 12.4. The summed E-state index contributed by atoms with van der Waals surface area (Å²) in [6.45, 7) is 2.58. The van der Waals surface area contributed by atoms with Gasteiger partial charge in [0.1, 0.15) is 18.7 Å². The number of aromatic nitrogens is 3. The number of nitrogens with zero attached hydrogens (tertiary/aromatic N) is 4. The molecule has 18 heavy (non-hydrogen) atoms. The number of amides is 1. The van der Waals surface area contributed by atoms with Gasteiger partial charge >= 0.3 is 0 Å². The summed E-state index contributed by atoms with van der Waals surface area (Å²) in [5.41, 5.74) is 0. The summed E-state index contributed by atoms with van der Waals surface area (Å²) >= 11 is 0. The van der Waals surface area contributed by atoms with Crippen molar-refractivity contribution < 1.29 is 9.90 Å². The first kappa shape index (κ1) is 13.0. The van der Waals surface area contributed by atoms with Crippen LogP contribution in [0.4, 0.5) is 0 Å². The van der Waals surface area contributed by atoms with Crippen molar-refractivity contribution in [2.75, 3.05) is 13.2 Å². The second-order valence-electron chi connectivity index (χ2n) is 4.74. The Morgan fingerprint density at radius 2 is 2.39 bits per heavy atom. The lowest BCUT2D eigenvalue weighted by molar-refractivity contribution is -0.138. The first-order valence-electron chi connectivity index (χ1n) is 6.49. The van der Waals surface area contributed by atoms with E-state index in [1.165, 1.54) is 12.7 Å². The van der Waals surface area contributed by atoms with Crippen LogP contribution in [0.1, 0.15) is 38.6 Å². The normalized spacial score (nSPS) is 17.2. The molecule has 1 aliphatic carbocycles. The van der Waals surface area contributed by atoms with E-state index in [-0.39, 0.29) is 18.6 Å². The van der Waals surface area contributed by atoms with Crippen LogP contribution >= 0.6 is 0 Å². The molecule has 100 valence electrons. The lowest BCUT2D eigenvalue weighted by Gasteiger charge is -2.38.